The highest BCUT2D eigenvalue weighted by Gasteiger charge is 2.29. The second kappa shape index (κ2) is 5.44. The van der Waals surface area contributed by atoms with Gasteiger partial charge in [-0.2, -0.15) is 0 Å². The lowest BCUT2D eigenvalue weighted by Gasteiger charge is -2.10. The van der Waals surface area contributed by atoms with Gasteiger partial charge in [-0.1, -0.05) is 0 Å². The SMILES string of the molecule is O=C(NCC(Cl)C1CC1)c1cc(I)ccc1O. The van der Waals surface area contributed by atoms with E-state index in [0.717, 1.165) is 16.4 Å². The molecule has 0 saturated heterocycles. The molecule has 1 aromatic rings. The van der Waals surface area contributed by atoms with Gasteiger partial charge in [0.2, 0.25) is 0 Å². The number of hydrogen-bond donors (Lipinski definition) is 2. The first-order chi connectivity index (χ1) is 8.08. The minimum Gasteiger partial charge on any atom is -0.507 e. The Balaban J connectivity index is 1.96. The lowest BCUT2D eigenvalue weighted by atomic mass is 10.2. The van der Waals surface area contributed by atoms with Crippen molar-refractivity contribution in [1.82, 2.24) is 5.32 Å². The monoisotopic (exact) mass is 365 g/mol. The van der Waals surface area contributed by atoms with Crippen molar-refractivity contribution in [1.29, 1.82) is 0 Å². The minimum atomic E-state index is -0.271. The van der Waals surface area contributed by atoms with Crippen LogP contribution in [0.4, 0.5) is 0 Å². The molecular weight excluding hydrogens is 352 g/mol. The van der Waals surface area contributed by atoms with Crippen molar-refractivity contribution >= 4 is 40.1 Å². The van der Waals surface area contributed by atoms with Crippen molar-refractivity contribution in [3.05, 3.63) is 27.3 Å². The normalized spacial score (nSPS) is 16.6. The van der Waals surface area contributed by atoms with E-state index < -0.39 is 0 Å². The van der Waals surface area contributed by atoms with Gasteiger partial charge < -0.3 is 10.4 Å². The van der Waals surface area contributed by atoms with Crippen LogP contribution in [0.25, 0.3) is 0 Å². The molecule has 0 radical (unpaired) electrons. The predicted octanol–water partition coefficient (Wildman–Crippen LogP) is 2.74. The smallest absolute Gasteiger partial charge is 0.255 e. The van der Waals surface area contributed by atoms with Gasteiger partial charge in [0.05, 0.1) is 10.9 Å². The van der Waals surface area contributed by atoms with Gasteiger partial charge in [0.25, 0.3) is 5.91 Å². The summed E-state index contributed by atoms with van der Waals surface area (Å²) in [5, 5.41) is 12.4. The van der Waals surface area contributed by atoms with E-state index in [9.17, 15) is 9.90 Å². The number of carbonyl (C=O) groups excluding carboxylic acids is 1. The molecule has 17 heavy (non-hydrogen) atoms. The van der Waals surface area contributed by atoms with Crippen LogP contribution in [0.15, 0.2) is 18.2 Å². The summed E-state index contributed by atoms with van der Waals surface area (Å²) < 4.78 is 0.912. The van der Waals surface area contributed by atoms with Crippen LogP contribution >= 0.6 is 34.2 Å². The largest absolute Gasteiger partial charge is 0.507 e. The van der Waals surface area contributed by atoms with Gasteiger partial charge in [0.1, 0.15) is 5.75 Å². The molecule has 92 valence electrons. The Morgan fingerprint density at radius 1 is 1.59 bits per heavy atom. The predicted molar refractivity (Wildman–Crippen MR) is 75.5 cm³/mol. The number of amides is 1. The van der Waals surface area contributed by atoms with E-state index >= 15 is 0 Å². The molecule has 1 saturated carbocycles. The zero-order chi connectivity index (χ0) is 12.4. The number of aromatic hydroxyl groups is 1. The van der Waals surface area contributed by atoms with Gasteiger partial charge in [0, 0.05) is 10.1 Å². The van der Waals surface area contributed by atoms with Crippen molar-refractivity contribution < 1.29 is 9.90 Å². The fraction of sp³-hybridized carbons (Fsp3) is 0.417. The first kappa shape index (κ1) is 13.0. The summed E-state index contributed by atoms with van der Waals surface area (Å²) in [6.07, 6.45) is 2.30. The average molecular weight is 366 g/mol. The molecular formula is C12H13ClINO2. The van der Waals surface area contributed by atoms with Crippen LogP contribution in [-0.4, -0.2) is 22.9 Å². The number of benzene rings is 1. The molecule has 0 bridgehead atoms. The van der Waals surface area contributed by atoms with Gasteiger partial charge >= 0.3 is 0 Å². The topological polar surface area (TPSA) is 49.3 Å². The molecule has 5 heteroatoms. The van der Waals surface area contributed by atoms with Crippen LogP contribution in [0.5, 0.6) is 5.75 Å². The Labute approximate surface area is 119 Å². The van der Waals surface area contributed by atoms with Crippen LogP contribution in [0.1, 0.15) is 23.2 Å². The first-order valence-corrected chi connectivity index (χ1v) is 7.00. The van der Waals surface area contributed by atoms with Gasteiger partial charge in [0.15, 0.2) is 0 Å². The van der Waals surface area contributed by atoms with Crippen molar-refractivity contribution in [3.63, 3.8) is 0 Å². The Hall–Kier alpha value is -0.490. The van der Waals surface area contributed by atoms with Gasteiger partial charge in [-0.15, -0.1) is 11.6 Å². The Morgan fingerprint density at radius 3 is 2.94 bits per heavy atom. The maximum absolute atomic E-state index is 11.8. The zero-order valence-electron chi connectivity index (χ0n) is 9.12. The molecule has 1 aliphatic carbocycles. The van der Waals surface area contributed by atoms with E-state index in [2.05, 4.69) is 27.9 Å². The van der Waals surface area contributed by atoms with Gasteiger partial charge in [-0.25, -0.2) is 0 Å². The molecule has 0 heterocycles. The molecule has 0 aromatic heterocycles. The lowest BCUT2D eigenvalue weighted by Crippen LogP contribution is -2.30. The van der Waals surface area contributed by atoms with Crippen molar-refractivity contribution in [2.75, 3.05) is 6.54 Å². The number of rotatable bonds is 4. The second-order valence-corrected chi connectivity index (χ2v) is 6.03. The quantitative estimate of drug-likeness (QED) is 0.637. The molecule has 0 spiro atoms. The number of phenolic OH excluding ortho intramolecular Hbond substituents is 1. The van der Waals surface area contributed by atoms with Crippen LogP contribution in [0, 0.1) is 9.49 Å². The number of hydrogen-bond acceptors (Lipinski definition) is 2. The van der Waals surface area contributed by atoms with Crippen molar-refractivity contribution in [2.24, 2.45) is 5.92 Å². The summed E-state index contributed by atoms with van der Waals surface area (Å²) in [5.41, 5.74) is 0.302. The summed E-state index contributed by atoms with van der Waals surface area (Å²) in [4.78, 5) is 11.8. The number of alkyl halides is 1. The second-order valence-electron chi connectivity index (χ2n) is 4.22. The summed E-state index contributed by atoms with van der Waals surface area (Å²) in [6, 6.07) is 4.93. The number of carbonyl (C=O) groups is 1. The molecule has 0 aliphatic heterocycles. The lowest BCUT2D eigenvalue weighted by molar-refractivity contribution is 0.0950. The Morgan fingerprint density at radius 2 is 2.29 bits per heavy atom. The third kappa shape index (κ3) is 3.48. The van der Waals surface area contributed by atoms with E-state index in [0.29, 0.717) is 18.0 Å². The highest BCUT2D eigenvalue weighted by molar-refractivity contribution is 14.1. The van der Waals surface area contributed by atoms with Crippen LogP contribution in [0.2, 0.25) is 0 Å². The molecule has 2 rings (SSSR count). The van der Waals surface area contributed by atoms with E-state index in [1.54, 1.807) is 12.1 Å². The summed E-state index contributed by atoms with van der Waals surface area (Å²) in [7, 11) is 0. The number of halogens is 2. The molecule has 3 nitrogen and oxygen atoms in total. The molecule has 1 amide bonds. The van der Waals surface area contributed by atoms with Gasteiger partial charge in [-0.05, 0) is 59.5 Å². The third-order valence-corrected chi connectivity index (χ3v) is 3.98. The molecule has 1 atom stereocenters. The van der Waals surface area contributed by atoms with Crippen LogP contribution in [-0.2, 0) is 0 Å². The maximum atomic E-state index is 11.8. The molecule has 1 unspecified atom stereocenters. The molecule has 1 fully saturated rings. The Kier molecular flexibility index (Phi) is 4.14. The minimum absolute atomic E-state index is 0.000426. The van der Waals surface area contributed by atoms with Crippen LogP contribution < -0.4 is 5.32 Å². The highest BCUT2D eigenvalue weighted by atomic mass is 127. The highest BCUT2D eigenvalue weighted by Crippen LogP contribution is 2.35. The van der Waals surface area contributed by atoms with E-state index in [4.69, 9.17) is 11.6 Å². The number of phenols is 1. The van der Waals surface area contributed by atoms with E-state index in [1.807, 2.05) is 0 Å². The van der Waals surface area contributed by atoms with Gasteiger partial charge in [-0.3, -0.25) is 4.79 Å². The van der Waals surface area contributed by atoms with Crippen LogP contribution in [0.3, 0.4) is 0 Å². The maximum Gasteiger partial charge on any atom is 0.255 e. The summed E-state index contributed by atoms with van der Waals surface area (Å²) >= 11 is 8.20. The van der Waals surface area contributed by atoms with Crippen molar-refractivity contribution in [2.45, 2.75) is 18.2 Å². The fourth-order valence-corrected chi connectivity index (χ4v) is 2.42. The fourth-order valence-electron chi connectivity index (χ4n) is 1.60. The average Bonchev–Trinajstić information content (AvgIpc) is 3.12. The van der Waals surface area contributed by atoms with E-state index in [1.165, 1.54) is 6.07 Å². The van der Waals surface area contributed by atoms with E-state index in [-0.39, 0.29) is 17.0 Å². The zero-order valence-corrected chi connectivity index (χ0v) is 12.0. The summed E-state index contributed by atoms with van der Waals surface area (Å²) in [6.45, 7) is 0.454. The molecule has 1 aliphatic rings. The molecule has 2 N–H and O–H groups in total. The summed E-state index contributed by atoms with van der Waals surface area (Å²) in [5.74, 6) is 0.272. The number of nitrogens with one attached hydrogen (secondary N) is 1. The standard InChI is InChI=1S/C12H13ClINO2/c13-10(7-1-2-7)6-15-12(17)9-5-8(14)3-4-11(9)16/h3-5,7,10,16H,1-2,6H2,(H,15,17). The van der Waals surface area contributed by atoms with Crippen molar-refractivity contribution in [3.8, 4) is 5.75 Å². The molecule has 1 aromatic carbocycles. The third-order valence-electron chi connectivity index (χ3n) is 2.79. The first-order valence-electron chi connectivity index (χ1n) is 5.48. The Bertz CT molecular complexity index is 435.